The molecule has 0 aromatic carbocycles. The fraction of sp³-hybridized carbons (Fsp3) is 0.833. The van der Waals surface area contributed by atoms with Crippen LogP contribution in [0.25, 0.3) is 0 Å². The standard InChI is InChI=1S/C12H22N2/c1-9-6-14(7-10(9)2)8-11(3)12-4-13-5-12/h9-10,13H,4-8H2,1-3H3. The van der Waals surface area contributed by atoms with E-state index < -0.39 is 0 Å². The number of hydrogen-bond donors (Lipinski definition) is 1. The minimum absolute atomic E-state index is 0.882. The van der Waals surface area contributed by atoms with Gasteiger partial charge in [-0.1, -0.05) is 19.4 Å². The molecule has 1 N–H and O–H groups in total. The molecule has 2 rings (SSSR count). The van der Waals surface area contributed by atoms with Crippen molar-refractivity contribution in [2.24, 2.45) is 11.8 Å². The number of nitrogens with one attached hydrogen (secondary N) is 1. The van der Waals surface area contributed by atoms with E-state index in [1.807, 2.05) is 0 Å². The predicted molar refractivity (Wildman–Crippen MR) is 60.3 cm³/mol. The lowest BCUT2D eigenvalue weighted by Crippen LogP contribution is -2.36. The SMILES string of the molecule is CC(CN1CC(C)C(C)C1)=C1CNC1. The summed E-state index contributed by atoms with van der Waals surface area (Å²) in [4.78, 5) is 2.61. The molecule has 2 atom stereocenters. The van der Waals surface area contributed by atoms with E-state index in [-0.39, 0.29) is 0 Å². The highest BCUT2D eigenvalue weighted by Crippen LogP contribution is 2.23. The van der Waals surface area contributed by atoms with Crippen LogP contribution in [0, 0.1) is 11.8 Å². The lowest BCUT2D eigenvalue weighted by Gasteiger charge is -2.25. The van der Waals surface area contributed by atoms with Crippen LogP contribution in [0.5, 0.6) is 0 Å². The molecular formula is C12H22N2. The first-order valence-corrected chi connectivity index (χ1v) is 5.77. The van der Waals surface area contributed by atoms with Crippen LogP contribution >= 0.6 is 0 Å². The molecule has 2 aliphatic heterocycles. The van der Waals surface area contributed by atoms with Crippen molar-refractivity contribution in [1.29, 1.82) is 0 Å². The van der Waals surface area contributed by atoms with E-state index in [9.17, 15) is 0 Å². The molecule has 2 heterocycles. The monoisotopic (exact) mass is 194 g/mol. The molecule has 0 bridgehead atoms. The van der Waals surface area contributed by atoms with Crippen molar-refractivity contribution in [2.45, 2.75) is 20.8 Å². The summed E-state index contributed by atoms with van der Waals surface area (Å²) in [5.74, 6) is 1.76. The van der Waals surface area contributed by atoms with Gasteiger partial charge in [0.1, 0.15) is 0 Å². The Morgan fingerprint density at radius 2 is 1.86 bits per heavy atom. The number of hydrogen-bond acceptors (Lipinski definition) is 2. The van der Waals surface area contributed by atoms with Gasteiger partial charge < -0.3 is 5.32 Å². The van der Waals surface area contributed by atoms with Crippen LogP contribution < -0.4 is 5.32 Å². The average Bonchev–Trinajstić information content (AvgIpc) is 2.26. The largest absolute Gasteiger partial charge is 0.309 e. The molecule has 0 aliphatic carbocycles. The van der Waals surface area contributed by atoms with E-state index in [1.54, 1.807) is 11.1 Å². The summed E-state index contributed by atoms with van der Waals surface area (Å²) < 4.78 is 0. The van der Waals surface area contributed by atoms with E-state index in [4.69, 9.17) is 0 Å². The molecular weight excluding hydrogens is 172 g/mol. The molecule has 2 fully saturated rings. The average molecular weight is 194 g/mol. The molecule has 0 saturated carbocycles. The normalized spacial score (nSPS) is 33.2. The van der Waals surface area contributed by atoms with Crippen molar-refractivity contribution in [3.8, 4) is 0 Å². The minimum atomic E-state index is 0.882. The quantitative estimate of drug-likeness (QED) is 0.670. The van der Waals surface area contributed by atoms with Crippen LogP contribution in [0.2, 0.25) is 0 Å². The smallest absolute Gasteiger partial charge is 0.0193 e. The highest BCUT2D eigenvalue weighted by atomic mass is 15.1. The molecule has 2 heteroatoms. The first-order valence-electron chi connectivity index (χ1n) is 5.77. The Morgan fingerprint density at radius 1 is 1.29 bits per heavy atom. The van der Waals surface area contributed by atoms with Gasteiger partial charge in [-0.2, -0.15) is 0 Å². The fourth-order valence-electron chi connectivity index (χ4n) is 2.38. The van der Waals surface area contributed by atoms with Gasteiger partial charge in [-0.15, -0.1) is 0 Å². The van der Waals surface area contributed by atoms with Crippen molar-refractivity contribution < 1.29 is 0 Å². The maximum Gasteiger partial charge on any atom is 0.0193 e. The Kier molecular flexibility index (Phi) is 2.93. The van der Waals surface area contributed by atoms with Crippen molar-refractivity contribution in [3.05, 3.63) is 11.1 Å². The molecule has 0 radical (unpaired) electrons. The van der Waals surface area contributed by atoms with Crippen LogP contribution in [-0.4, -0.2) is 37.6 Å². The summed E-state index contributed by atoms with van der Waals surface area (Å²) in [7, 11) is 0. The zero-order valence-corrected chi connectivity index (χ0v) is 9.64. The summed E-state index contributed by atoms with van der Waals surface area (Å²) in [5.41, 5.74) is 3.24. The summed E-state index contributed by atoms with van der Waals surface area (Å²) >= 11 is 0. The molecule has 2 nitrogen and oxygen atoms in total. The second-order valence-corrected chi connectivity index (χ2v) is 5.14. The predicted octanol–water partition coefficient (Wildman–Crippen LogP) is 1.49. The van der Waals surface area contributed by atoms with E-state index in [0.717, 1.165) is 24.9 Å². The summed E-state index contributed by atoms with van der Waals surface area (Å²) in [6.07, 6.45) is 0. The second kappa shape index (κ2) is 4.03. The molecule has 0 amide bonds. The van der Waals surface area contributed by atoms with E-state index >= 15 is 0 Å². The van der Waals surface area contributed by atoms with Crippen molar-refractivity contribution in [2.75, 3.05) is 32.7 Å². The van der Waals surface area contributed by atoms with Crippen LogP contribution in [-0.2, 0) is 0 Å². The Labute approximate surface area is 87.4 Å². The zero-order valence-electron chi connectivity index (χ0n) is 9.64. The van der Waals surface area contributed by atoms with Gasteiger partial charge in [-0.05, 0) is 24.3 Å². The third-order valence-electron chi connectivity index (χ3n) is 3.80. The molecule has 0 aromatic heterocycles. The van der Waals surface area contributed by atoms with Gasteiger partial charge in [0.25, 0.3) is 0 Å². The van der Waals surface area contributed by atoms with Gasteiger partial charge in [0.05, 0.1) is 0 Å². The van der Waals surface area contributed by atoms with Crippen LogP contribution in [0.3, 0.4) is 0 Å². The zero-order chi connectivity index (χ0) is 10.1. The maximum atomic E-state index is 3.31. The van der Waals surface area contributed by atoms with Gasteiger partial charge in [0.2, 0.25) is 0 Å². The van der Waals surface area contributed by atoms with Crippen molar-refractivity contribution >= 4 is 0 Å². The molecule has 2 unspecified atom stereocenters. The molecule has 0 spiro atoms. The summed E-state index contributed by atoms with van der Waals surface area (Å²) in [5, 5.41) is 3.31. The topological polar surface area (TPSA) is 15.3 Å². The number of likely N-dealkylation sites (tertiary alicyclic amines) is 1. The van der Waals surface area contributed by atoms with Gasteiger partial charge in [-0.25, -0.2) is 0 Å². The third-order valence-corrected chi connectivity index (χ3v) is 3.80. The molecule has 80 valence electrons. The lowest BCUT2D eigenvalue weighted by atomic mass is 10.0. The minimum Gasteiger partial charge on any atom is -0.309 e. The van der Waals surface area contributed by atoms with E-state index in [1.165, 1.54) is 19.6 Å². The lowest BCUT2D eigenvalue weighted by molar-refractivity contribution is 0.349. The van der Waals surface area contributed by atoms with Gasteiger partial charge >= 0.3 is 0 Å². The van der Waals surface area contributed by atoms with Gasteiger partial charge in [0.15, 0.2) is 0 Å². The highest BCUT2D eigenvalue weighted by Gasteiger charge is 2.26. The first kappa shape index (κ1) is 10.2. The molecule has 2 saturated heterocycles. The van der Waals surface area contributed by atoms with Crippen LogP contribution in [0.4, 0.5) is 0 Å². The molecule has 14 heavy (non-hydrogen) atoms. The van der Waals surface area contributed by atoms with Gasteiger partial charge in [-0.3, -0.25) is 4.90 Å². The van der Waals surface area contributed by atoms with Crippen LogP contribution in [0.1, 0.15) is 20.8 Å². The van der Waals surface area contributed by atoms with E-state index in [0.29, 0.717) is 0 Å². The van der Waals surface area contributed by atoms with Crippen molar-refractivity contribution in [3.63, 3.8) is 0 Å². The summed E-state index contributed by atoms with van der Waals surface area (Å²) in [6, 6.07) is 0. The maximum absolute atomic E-state index is 3.31. The summed E-state index contributed by atoms with van der Waals surface area (Å²) in [6.45, 7) is 13.1. The third kappa shape index (κ3) is 2.01. The Morgan fingerprint density at radius 3 is 2.29 bits per heavy atom. The Balaban J connectivity index is 1.86. The van der Waals surface area contributed by atoms with Crippen molar-refractivity contribution in [1.82, 2.24) is 10.2 Å². The molecule has 0 aromatic rings. The number of nitrogens with zero attached hydrogens (tertiary/aromatic N) is 1. The Bertz CT molecular complexity index is 229. The van der Waals surface area contributed by atoms with Gasteiger partial charge in [0, 0.05) is 32.7 Å². The highest BCUT2D eigenvalue weighted by molar-refractivity contribution is 5.22. The van der Waals surface area contributed by atoms with Crippen LogP contribution in [0.15, 0.2) is 11.1 Å². The Hall–Kier alpha value is -0.340. The number of rotatable bonds is 2. The van der Waals surface area contributed by atoms with E-state index in [2.05, 4.69) is 31.0 Å². The second-order valence-electron chi connectivity index (χ2n) is 5.14. The first-order chi connectivity index (χ1) is 6.66. The fourth-order valence-corrected chi connectivity index (χ4v) is 2.38. The molecule has 2 aliphatic rings.